The van der Waals surface area contributed by atoms with E-state index in [2.05, 4.69) is 27.7 Å². The molecule has 0 aromatic rings. The van der Waals surface area contributed by atoms with Crippen molar-refractivity contribution in [3.05, 3.63) is 0 Å². The van der Waals surface area contributed by atoms with E-state index in [4.69, 9.17) is 37.0 Å². The van der Waals surface area contributed by atoms with Crippen LogP contribution in [0.15, 0.2) is 0 Å². The summed E-state index contributed by atoms with van der Waals surface area (Å²) in [5.41, 5.74) is 0. The molecule has 0 radical (unpaired) electrons. The quantitative estimate of drug-likeness (QED) is 0.0222. The lowest BCUT2D eigenvalue weighted by Crippen LogP contribution is -2.30. The van der Waals surface area contributed by atoms with E-state index >= 15 is 0 Å². The van der Waals surface area contributed by atoms with Crippen LogP contribution in [-0.2, 0) is 65.4 Å². The van der Waals surface area contributed by atoms with Crippen molar-refractivity contribution in [1.82, 2.24) is 0 Å². The molecular weight excluding hydrogens is 1210 g/mol. The Morgan fingerprint density at radius 2 is 0.435 bits per heavy atom. The summed E-state index contributed by atoms with van der Waals surface area (Å²) in [7, 11) is -9.90. The van der Waals surface area contributed by atoms with Gasteiger partial charge in [-0.1, -0.05) is 336 Å². The van der Waals surface area contributed by atoms with Gasteiger partial charge >= 0.3 is 39.5 Å². The smallest absolute Gasteiger partial charge is 0.462 e. The fourth-order valence-corrected chi connectivity index (χ4v) is 12.8. The van der Waals surface area contributed by atoms with E-state index in [0.29, 0.717) is 25.7 Å². The first kappa shape index (κ1) is 90.1. The van der Waals surface area contributed by atoms with Crippen LogP contribution in [0, 0.1) is 0 Å². The lowest BCUT2D eigenvalue weighted by Gasteiger charge is -2.21. The van der Waals surface area contributed by atoms with Crippen LogP contribution in [0.5, 0.6) is 0 Å². The van der Waals surface area contributed by atoms with Gasteiger partial charge in [-0.05, 0) is 25.7 Å². The number of phosphoric ester groups is 2. The van der Waals surface area contributed by atoms with Crippen molar-refractivity contribution in [3.8, 4) is 0 Å². The van der Waals surface area contributed by atoms with Gasteiger partial charge in [0.1, 0.15) is 19.3 Å². The normalized spacial score (nSPS) is 13.9. The minimum absolute atomic E-state index is 0.108. The van der Waals surface area contributed by atoms with Gasteiger partial charge < -0.3 is 33.8 Å². The van der Waals surface area contributed by atoms with Crippen LogP contribution >= 0.6 is 15.6 Å². The summed E-state index contributed by atoms with van der Waals surface area (Å²) in [6.45, 7) is 4.93. The highest BCUT2D eigenvalue weighted by molar-refractivity contribution is 7.47. The summed E-state index contributed by atoms with van der Waals surface area (Å²) in [5, 5.41) is 10.6. The third-order valence-corrected chi connectivity index (χ3v) is 19.0. The third kappa shape index (κ3) is 66.7. The third-order valence-electron chi connectivity index (χ3n) is 17.1. The van der Waals surface area contributed by atoms with E-state index in [-0.39, 0.29) is 25.7 Å². The number of aliphatic hydroxyl groups excluding tert-OH is 1. The Balaban J connectivity index is 5.17. The van der Waals surface area contributed by atoms with E-state index in [0.717, 1.165) is 103 Å². The monoisotopic (exact) mass is 1350 g/mol. The van der Waals surface area contributed by atoms with E-state index < -0.39 is 97.5 Å². The molecule has 0 saturated heterocycles. The Morgan fingerprint density at radius 1 is 0.261 bits per heavy atom. The number of aliphatic hydroxyl groups is 1. The van der Waals surface area contributed by atoms with Gasteiger partial charge in [0, 0.05) is 25.7 Å². The van der Waals surface area contributed by atoms with E-state index in [9.17, 15) is 43.2 Å². The van der Waals surface area contributed by atoms with E-state index in [1.165, 1.54) is 205 Å². The standard InChI is InChI=1S/C73H142O17P2/c1-5-9-13-17-21-24-27-30-31-32-33-34-35-38-41-44-48-52-56-60-73(78)90-69(64-84-71(76)58-54-50-46-42-39-36-28-25-22-18-14-10-6-2)66-88-92(81,82)86-62-67(74)61-85-91(79,80)87-65-68(63-83-70(75)57-53-49-45-20-16-12-8-4)89-72(77)59-55-51-47-43-40-37-29-26-23-19-15-11-7-3/h67-69,74H,5-66H2,1-4H3,(H,79,80)(H,81,82)/t67-,68+,69+/m0/s1. The molecule has 0 saturated carbocycles. The molecule has 5 atom stereocenters. The number of esters is 4. The first-order valence-corrected chi connectivity index (χ1v) is 41.3. The van der Waals surface area contributed by atoms with Crippen LogP contribution in [0.1, 0.15) is 387 Å². The lowest BCUT2D eigenvalue weighted by atomic mass is 10.0. The number of carbonyl (C=O) groups excluding carboxylic acids is 4. The van der Waals surface area contributed by atoms with Crippen molar-refractivity contribution in [2.24, 2.45) is 0 Å². The number of unbranched alkanes of at least 4 members (excludes halogenated alkanes) is 48. The molecule has 0 aliphatic heterocycles. The minimum Gasteiger partial charge on any atom is -0.462 e. The topological polar surface area (TPSA) is 237 Å². The second kappa shape index (κ2) is 67.6. The molecular formula is C73H142O17P2. The molecule has 0 aliphatic carbocycles. The summed E-state index contributed by atoms with van der Waals surface area (Å²) in [6.07, 6.45) is 56.9. The summed E-state index contributed by atoms with van der Waals surface area (Å²) < 4.78 is 68.3. The molecule has 0 heterocycles. The van der Waals surface area contributed by atoms with Crippen LogP contribution in [-0.4, -0.2) is 96.7 Å². The molecule has 3 N–H and O–H groups in total. The number of rotatable bonds is 74. The largest absolute Gasteiger partial charge is 0.472 e. The number of hydrogen-bond acceptors (Lipinski definition) is 15. The fourth-order valence-electron chi connectivity index (χ4n) is 11.2. The highest BCUT2D eigenvalue weighted by Gasteiger charge is 2.30. The summed E-state index contributed by atoms with van der Waals surface area (Å²) in [4.78, 5) is 72.5. The van der Waals surface area contributed by atoms with Crippen molar-refractivity contribution in [2.45, 2.75) is 406 Å². The second-order valence-electron chi connectivity index (χ2n) is 26.3. The zero-order valence-corrected chi connectivity index (χ0v) is 61.3. The number of carbonyl (C=O) groups is 4. The molecule has 19 heteroatoms. The van der Waals surface area contributed by atoms with Gasteiger partial charge in [0.15, 0.2) is 12.2 Å². The number of phosphoric acid groups is 2. The molecule has 0 bridgehead atoms. The maximum absolute atomic E-state index is 13.0. The molecule has 546 valence electrons. The SMILES string of the molecule is CCCCCCCCCCCCCCCCCCCCCC(=O)O[C@H](COC(=O)CCCCCCCCCCCCCCC)COP(=O)(O)OC[C@@H](O)COP(=O)(O)OC[C@@H](COC(=O)CCCCCCCCC)OC(=O)CCCCCCCCCCCCCCC. The van der Waals surface area contributed by atoms with Crippen LogP contribution in [0.25, 0.3) is 0 Å². The van der Waals surface area contributed by atoms with Crippen molar-refractivity contribution in [3.63, 3.8) is 0 Å². The summed E-state index contributed by atoms with van der Waals surface area (Å²) in [6, 6.07) is 0. The van der Waals surface area contributed by atoms with Crippen LogP contribution < -0.4 is 0 Å². The maximum atomic E-state index is 13.0. The van der Waals surface area contributed by atoms with Gasteiger partial charge in [0.05, 0.1) is 26.4 Å². The summed E-state index contributed by atoms with van der Waals surface area (Å²) >= 11 is 0. The molecule has 17 nitrogen and oxygen atoms in total. The van der Waals surface area contributed by atoms with Crippen LogP contribution in [0.4, 0.5) is 0 Å². The van der Waals surface area contributed by atoms with Gasteiger partial charge in [-0.2, -0.15) is 0 Å². The highest BCUT2D eigenvalue weighted by atomic mass is 31.2. The van der Waals surface area contributed by atoms with Gasteiger partial charge in [0.2, 0.25) is 0 Å². The average Bonchev–Trinajstić information content (AvgIpc) is 2.20. The second-order valence-corrected chi connectivity index (χ2v) is 29.2. The minimum atomic E-state index is -4.95. The molecule has 0 spiro atoms. The van der Waals surface area contributed by atoms with Gasteiger partial charge in [0.25, 0.3) is 0 Å². The van der Waals surface area contributed by atoms with Gasteiger partial charge in [-0.25, -0.2) is 9.13 Å². The van der Waals surface area contributed by atoms with Gasteiger partial charge in [-0.15, -0.1) is 0 Å². The molecule has 92 heavy (non-hydrogen) atoms. The Labute approximate surface area is 562 Å². The molecule has 0 aromatic carbocycles. The zero-order chi connectivity index (χ0) is 67.5. The van der Waals surface area contributed by atoms with E-state index in [1.807, 2.05) is 0 Å². The molecule has 0 aromatic heterocycles. The first-order chi connectivity index (χ1) is 44.7. The fraction of sp³-hybridized carbons (Fsp3) is 0.945. The predicted molar refractivity (Wildman–Crippen MR) is 372 cm³/mol. The Hall–Kier alpha value is -1.94. The Kier molecular flexibility index (Phi) is 66.2. The highest BCUT2D eigenvalue weighted by Crippen LogP contribution is 2.45. The number of ether oxygens (including phenoxy) is 4. The first-order valence-electron chi connectivity index (χ1n) is 38.3. The van der Waals surface area contributed by atoms with Crippen LogP contribution in [0.2, 0.25) is 0 Å². The lowest BCUT2D eigenvalue weighted by molar-refractivity contribution is -0.161. The molecule has 0 aliphatic rings. The molecule has 2 unspecified atom stereocenters. The zero-order valence-electron chi connectivity index (χ0n) is 59.5. The molecule has 0 rings (SSSR count). The number of hydrogen-bond donors (Lipinski definition) is 3. The Bertz CT molecular complexity index is 1760. The summed E-state index contributed by atoms with van der Waals surface area (Å²) in [5.74, 6) is -2.12. The molecule has 0 amide bonds. The van der Waals surface area contributed by atoms with E-state index in [1.54, 1.807) is 0 Å². The van der Waals surface area contributed by atoms with Crippen LogP contribution in [0.3, 0.4) is 0 Å². The van der Waals surface area contributed by atoms with Crippen molar-refractivity contribution in [2.75, 3.05) is 39.6 Å². The predicted octanol–water partition coefficient (Wildman–Crippen LogP) is 21.4. The Morgan fingerprint density at radius 3 is 0.641 bits per heavy atom. The maximum Gasteiger partial charge on any atom is 0.472 e. The van der Waals surface area contributed by atoms with Gasteiger partial charge in [-0.3, -0.25) is 37.3 Å². The van der Waals surface area contributed by atoms with Crippen molar-refractivity contribution in [1.29, 1.82) is 0 Å². The van der Waals surface area contributed by atoms with Crippen molar-refractivity contribution < 1.29 is 80.2 Å². The average molecular weight is 1350 g/mol. The molecule has 0 fully saturated rings. The van der Waals surface area contributed by atoms with Crippen molar-refractivity contribution >= 4 is 39.5 Å².